The molecule has 2 heterocycles. The second-order valence-electron chi connectivity index (χ2n) is 7.51. The number of amides is 1. The van der Waals surface area contributed by atoms with Gasteiger partial charge in [-0.1, -0.05) is 12.1 Å². The molecule has 1 amide bonds. The minimum atomic E-state index is -2.91. The molecular weight excluding hydrogens is 452 g/mol. The number of ether oxygens (including phenoxy) is 2. The number of alkyl halides is 2. The number of carbonyl (C=O) groups excluding carboxylic acids is 1. The van der Waals surface area contributed by atoms with Crippen LogP contribution in [0.4, 0.5) is 20.3 Å². The van der Waals surface area contributed by atoms with Crippen LogP contribution in [0.15, 0.2) is 54.7 Å². The number of nitrogens with zero attached hydrogens (tertiary/aromatic N) is 4. The quantitative estimate of drug-likeness (QED) is 0.413. The molecule has 0 saturated heterocycles. The molecule has 0 fully saturated rings. The van der Waals surface area contributed by atoms with Gasteiger partial charge in [0.15, 0.2) is 0 Å². The Hall–Kier alpha value is -4.06. The molecule has 0 spiro atoms. The summed E-state index contributed by atoms with van der Waals surface area (Å²) in [6.07, 6.45) is 1.37. The highest BCUT2D eigenvalue weighted by molar-refractivity contribution is 6.04. The van der Waals surface area contributed by atoms with Crippen LogP contribution >= 0.6 is 0 Å². The fourth-order valence-corrected chi connectivity index (χ4v) is 3.48. The Morgan fingerprint density at radius 1 is 1.15 bits per heavy atom. The van der Waals surface area contributed by atoms with Crippen molar-refractivity contribution in [3.05, 3.63) is 76.0 Å². The van der Waals surface area contributed by atoms with Crippen LogP contribution in [0.2, 0.25) is 0 Å². The molecule has 178 valence electrons. The van der Waals surface area contributed by atoms with Gasteiger partial charge < -0.3 is 24.9 Å². The van der Waals surface area contributed by atoms with Crippen molar-refractivity contribution < 1.29 is 28.0 Å². The molecule has 1 N–H and O–H groups in total. The Morgan fingerprint density at radius 2 is 1.88 bits per heavy atom. The van der Waals surface area contributed by atoms with Crippen molar-refractivity contribution in [1.82, 2.24) is 14.5 Å². The molecule has 1 aliphatic heterocycles. The zero-order valence-corrected chi connectivity index (χ0v) is 17.9. The van der Waals surface area contributed by atoms with Crippen molar-refractivity contribution in [3.8, 4) is 11.8 Å². The number of hydrogen-bond donors (Lipinski definition) is 1. The van der Waals surface area contributed by atoms with E-state index in [1.54, 1.807) is 16.7 Å². The van der Waals surface area contributed by atoms with Crippen molar-refractivity contribution in [1.29, 1.82) is 0 Å². The van der Waals surface area contributed by atoms with Gasteiger partial charge in [-0.15, -0.1) is 0 Å². The van der Waals surface area contributed by atoms with Gasteiger partial charge in [-0.25, -0.2) is 0 Å². The minimum absolute atomic E-state index is 0.00875. The highest BCUT2D eigenvalue weighted by Crippen LogP contribution is 2.20. The Bertz CT molecular complexity index is 1150. The van der Waals surface area contributed by atoms with E-state index in [9.17, 15) is 23.7 Å². The van der Waals surface area contributed by atoms with Gasteiger partial charge in [0, 0.05) is 42.4 Å². The fourth-order valence-electron chi connectivity index (χ4n) is 3.48. The maximum Gasteiger partial charge on any atom is 0.414 e. The highest BCUT2D eigenvalue weighted by atomic mass is 19.3. The summed E-state index contributed by atoms with van der Waals surface area (Å²) in [5.41, 5.74) is 1.89. The first-order valence-corrected chi connectivity index (χ1v) is 10.4. The number of anilines is 1. The average Bonchev–Trinajstić information content (AvgIpc) is 3.19. The first-order chi connectivity index (χ1) is 16.4. The van der Waals surface area contributed by atoms with Gasteiger partial charge in [-0.2, -0.15) is 8.78 Å². The van der Waals surface area contributed by atoms with Gasteiger partial charge in [0.2, 0.25) is 0 Å². The molecule has 0 aliphatic carbocycles. The summed E-state index contributed by atoms with van der Waals surface area (Å²) in [6.45, 7) is -0.183. The zero-order chi connectivity index (χ0) is 24.1. The Morgan fingerprint density at radius 3 is 2.56 bits per heavy atom. The summed E-state index contributed by atoms with van der Waals surface area (Å²) in [7, 11) is 0. The molecule has 0 bridgehead atoms. The predicted octanol–water partition coefficient (Wildman–Crippen LogP) is 3.54. The van der Waals surface area contributed by atoms with Crippen LogP contribution in [0.25, 0.3) is 0 Å². The topological polar surface area (TPSA) is 112 Å². The van der Waals surface area contributed by atoms with Gasteiger partial charge in [0.05, 0.1) is 0 Å². The molecule has 1 aliphatic rings. The van der Waals surface area contributed by atoms with E-state index >= 15 is 0 Å². The molecule has 12 heteroatoms. The lowest BCUT2D eigenvalue weighted by Crippen LogP contribution is -2.33. The standard InChI is InChI=1S/C22H21F2N5O5/c23-21(24)34-18-7-5-17(6-8-18)25-20(30)16-3-1-15(2-4-16)13-27-9-10-28-14-19(29(31)32)26-22(28)33-12-11-27/h1-8,14,21H,9-13H2,(H,25,30). The molecule has 0 unspecified atom stereocenters. The predicted molar refractivity (Wildman–Crippen MR) is 117 cm³/mol. The van der Waals surface area contributed by atoms with E-state index in [0.717, 1.165) is 5.56 Å². The van der Waals surface area contributed by atoms with Crippen LogP contribution in [-0.2, 0) is 13.1 Å². The number of benzene rings is 2. The largest absolute Gasteiger partial charge is 0.444 e. The second-order valence-corrected chi connectivity index (χ2v) is 7.51. The molecule has 1 aromatic heterocycles. The fraction of sp³-hybridized carbons (Fsp3) is 0.273. The van der Waals surface area contributed by atoms with Crippen molar-refractivity contribution in [2.24, 2.45) is 0 Å². The van der Waals surface area contributed by atoms with Crippen molar-refractivity contribution in [2.45, 2.75) is 19.7 Å². The molecule has 10 nitrogen and oxygen atoms in total. The number of fused-ring (bicyclic) bond motifs is 1. The summed E-state index contributed by atoms with van der Waals surface area (Å²) in [6, 6.07) is 13.0. The molecular formula is C22H21F2N5O5. The third-order valence-corrected chi connectivity index (χ3v) is 5.17. The molecule has 0 atom stereocenters. The lowest BCUT2D eigenvalue weighted by molar-refractivity contribution is -0.389. The molecule has 4 rings (SSSR count). The third kappa shape index (κ3) is 5.84. The van der Waals surface area contributed by atoms with Gasteiger partial charge in [-0.05, 0) is 46.9 Å². The van der Waals surface area contributed by atoms with E-state index in [-0.39, 0.29) is 23.5 Å². The number of imidazole rings is 1. The maximum atomic E-state index is 12.5. The number of rotatable bonds is 7. The Balaban J connectivity index is 1.32. The number of nitrogens with one attached hydrogen (secondary N) is 1. The number of carbonyl (C=O) groups is 1. The lowest BCUT2D eigenvalue weighted by Gasteiger charge is -2.24. The maximum absolute atomic E-state index is 12.5. The van der Waals surface area contributed by atoms with Crippen molar-refractivity contribution >= 4 is 17.4 Å². The average molecular weight is 473 g/mol. The minimum Gasteiger partial charge on any atom is -0.444 e. The number of aromatic nitrogens is 2. The van der Waals surface area contributed by atoms with Crippen LogP contribution in [0, 0.1) is 10.1 Å². The van der Waals surface area contributed by atoms with Gasteiger partial charge in [0.1, 0.15) is 18.6 Å². The van der Waals surface area contributed by atoms with Crippen molar-refractivity contribution in [3.63, 3.8) is 0 Å². The summed E-state index contributed by atoms with van der Waals surface area (Å²) >= 11 is 0. The van der Waals surface area contributed by atoms with E-state index in [1.807, 2.05) is 12.1 Å². The van der Waals surface area contributed by atoms with Crippen LogP contribution in [0.1, 0.15) is 15.9 Å². The molecule has 2 aromatic carbocycles. The lowest BCUT2D eigenvalue weighted by atomic mass is 10.1. The van der Waals surface area contributed by atoms with Crippen LogP contribution in [0.3, 0.4) is 0 Å². The normalized spacial score (nSPS) is 14.0. The van der Waals surface area contributed by atoms with Crippen LogP contribution in [-0.4, -0.2) is 51.6 Å². The summed E-state index contributed by atoms with van der Waals surface area (Å²) in [5.74, 6) is -0.563. The number of nitro groups is 1. The highest BCUT2D eigenvalue weighted by Gasteiger charge is 2.23. The number of hydrogen-bond acceptors (Lipinski definition) is 7. The van der Waals surface area contributed by atoms with Gasteiger partial charge in [0.25, 0.3) is 5.91 Å². The summed E-state index contributed by atoms with van der Waals surface area (Å²) < 4.78 is 35.9. The van der Waals surface area contributed by atoms with E-state index in [0.29, 0.717) is 44.0 Å². The first-order valence-electron chi connectivity index (χ1n) is 10.4. The van der Waals surface area contributed by atoms with Crippen LogP contribution in [0.5, 0.6) is 11.8 Å². The number of halogens is 2. The molecule has 0 radical (unpaired) electrons. The third-order valence-electron chi connectivity index (χ3n) is 5.17. The molecule has 34 heavy (non-hydrogen) atoms. The molecule has 3 aromatic rings. The first kappa shape index (κ1) is 23.1. The second kappa shape index (κ2) is 10.3. The SMILES string of the molecule is O=C(Nc1ccc(OC(F)F)cc1)c1ccc(CN2CCOc3nc([N+](=O)[O-])cn3CC2)cc1. The van der Waals surface area contributed by atoms with E-state index < -0.39 is 11.5 Å². The van der Waals surface area contributed by atoms with Gasteiger partial charge in [-0.3, -0.25) is 14.3 Å². The summed E-state index contributed by atoms with van der Waals surface area (Å²) in [4.78, 5) is 28.9. The molecule has 0 saturated carbocycles. The summed E-state index contributed by atoms with van der Waals surface area (Å²) in [5, 5.41) is 13.6. The zero-order valence-electron chi connectivity index (χ0n) is 17.9. The van der Waals surface area contributed by atoms with E-state index in [4.69, 9.17) is 4.74 Å². The van der Waals surface area contributed by atoms with Gasteiger partial charge >= 0.3 is 18.4 Å². The van der Waals surface area contributed by atoms with E-state index in [1.165, 1.54) is 30.5 Å². The van der Waals surface area contributed by atoms with Crippen LogP contribution < -0.4 is 14.8 Å². The van der Waals surface area contributed by atoms with Crippen molar-refractivity contribution in [2.75, 3.05) is 25.0 Å². The smallest absolute Gasteiger partial charge is 0.414 e. The van der Waals surface area contributed by atoms with E-state index in [2.05, 4.69) is 19.9 Å². The monoisotopic (exact) mass is 473 g/mol. The Kier molecular flexibility index (Phi) is 6.97. The Labute approximate surface area is 192 Å².